The van der Waals surface area contributed by atoms with Gasteiger partial charge in [0.15, 0.2) is 0 Å². The number of pyridine rings is 2. The predicted octanol–water partition coefficient (Wildman–Crippen LogP) is 5.82. The number of anilines is 2. The van der Waals surface area contributed by atoms with E-state index in [-0.39, 0.29) is 11.8 Å². The Kier molecular flexibility index (Phi) is 6.90. The van der Waals surface area contributed by atoms with Crippen molar-refractivity contribution in [2.24, 2.45) is 0 Å². The molecule has 0 aliphatic carbocycles. The summed E-state index contributed by atoms with van der Waals surface area (Å²) >= 11 is 0. The van der Waals surface area contributed by atoms with E-state index in [1.54, 1.807) is 24.5 Å². The molecule has 2 N–H and O–H groups in total. The third-order valence-corrected chi connectivity index (χ3v) is 5.45. The highest BCUT2D eigenvalue weighted by Crippen LogP contribution is 2.25. The maximum absolute atomic E-state index is 13.0. The Bertz CT molecular complexity index is 1220. The molecular weight excluding hydrogens is 408 g/mol. The summed E-state index contributed by atoms with van der Waals surface area (Å²) < 4.78 is 0. The van der Waals surface area contributed by atoms with E-state index in [2.05, 4.69) is 46.2 Å². The number of rotatable bonds is 8. The Balaban J connectivity index is 1.46. The fourth-order valence-electron chi connectivity index (χ4n) is 3.55. The number of benzene rings is 2. The summed E-state index contributed by atoms with van der Waals surface area (Å²) in [7, 11) is 0. The van der Waals surface area contributed by atoms with Crippen LogP contribution in [0.5, 0.6) is 0 Å². The lowest BCUT2D eigenvalue weighted by atomic mass is 9.98. The molecular formula is C28H26N4O. The summed E-state index contributed by atoms with van der Waals surface area (Å²) in [5, 5.41) is 6.30. The summed E-state index contributed by atoms with van der Waals surface area (Å²) in [4.78, 5) is 21.7. The number of hydrogen-bond donors (Lipinski definition) is 2. The highest BCUT2D eigenvalue weighted by molar-refractivity contribution is 5.99. The van der Waals surface area contributed by atoms with Gasteiger partial charge in [-0.1, -0.05) is 62.0 Å². The number of amides is 1. The van der Waals surface area contributed by atoms with Crippen molar-refractivity contribution in [3.63, 3.8) is 0 Å². The summed E-state index contributed by atoms with van der Waals surface area (Å²) in [6.45, 7) is 6.86. The number of aromatic nitrogens is 2. The topological polar surface area (TPSA) is 66.9 Å². The molecule has 0 radical (unpaired) electrons. The van der Waals surface area contributed by atoms with Crippen LogP contribution in [-0.2, 0) is 0 Å². The number of nitrogens with zero attached hydrogens (tertiary/aromatic N) is 2. The maximum Gasteiger partial charge on any atom is 0.253 e. The number of nitrogens with one attached hydrogen (secondary N) is 2. The largest absolute Gasteiger partial charge is 0.351 e. The monoisotopic (exact) mass is 434 g/mol. The van der Waals surface area contributed by atoms with Crippen LogP contribution < -0.4 is 10.6 Å². The Morgan fingerprint density at radius 3 is 2.33 bits per heavy atom. The predicted molar refractivity (Wildman–Crippen MR) is 134 cm³/mol. The van der Waals surface area contributed by atoms with Crippen molar-refractivity contribution < 1.29 is 4.79 Å². The SMILES string of the molecule is C=C(c1ccc(Nc2ccccn2)cc1)c1ncccc1C(=O)NC[C@H](C)c1ccccc1. The van der Waals surface area contributed by atoms with Crippen LogP contribution in [0.15, 0.2) is 104 Å². The summed E-state index contributed by atoms with van der Waals surface area (Å²) in [6.07, 6.45) is 3.42. The molecule has 0 unspecified atom stereocenters. The van der Waals surface area contributed by atoms with Crippen molar-refractivity contribution in [1.82, 2.24) is 15.3 Å². The van der Waals surface area contributed by atoms with Crippen LogP contribution in [0.1, 0.15) is 40.0 Å². The smallest absolute Gasteiger partial charge is 0.253 e. The quantitative estimate of drug-likeness (QED) is 0.367. The molecule has 0 spiro atoms. The second-order valence-corrected chi connectivity index (χ2v) is 7.82. The molecule has 33 heavy (non-hydrogen) atoms. The normalized spacial score (nSPS) is 11.4. The van der Waals surface area contributed by atoms with Crippen LogP contribution in [0.4, 0.5) is 11.5 Å². The van der Waals surface area contributed by atoms with Crippen LogP contribution in [0.3, 0.4) is 0 Å². The molecule has 0 bridgehead atoms. The van der Waals surface area contributed by atoms with Gasteiger partial charge in [0.25, 0.3) is 5.91 Å². The molecule has 1 amide bonds. The fourth-order valence-corrected chi connectivity index (χ4v) is 3.55. The minimum atomic E-state index is -0.157. The highest BCUT2D eigenvalue weighted by atomic mass is 16.1. The van der Waals surface area contributed by atoms with Gasteiger partial charge in [-0.05, 0) is 53.4 Å². The van der Waals surface area contributed by atoms with E-state index < -0.39 is 0 Å². The third-order valence-electron chi connectivity index (χ3n) is 5.45. The first-order valence-electron chi connectivity index (χ1n) is 10.9. The average Bonchev–Trinajstić information content (AvgIpc) is 2.88. The molecule has 0 saturated heterocycles. The van der Waals surface area contributed by atoms with E-state index in [4.69, 9.17) is 0 Å². The van der Waals surface area contributed by atoms with Gasteiger partial charge in [-0.25, -0.2) is 4.98 Å². The minimum absolute atomic E-state index is 0.157. The molecule has 4 aromatic rings. The molecule has 0 fully saturated rings. The molecule has 2 aromatic carbocycles. The van der Waals surface area contributed by atoms with Crippen molar-refractivity contribution in [2.45, 2.75) is 12.8 Å². The zero-order valence-corrected chi connectivity index (χ0v) is 18.5. The molecule has 5 heteroatoms. The lowest BCUT2D eigenvalue weighted by Crippen LogP contribution is -2.28. The van der Waals surface area contributed by atoms with E-state index in [1.165, 1.54) is 5.56 Å². The Morgan fingerprint density at radius 2 is 1.61 bits per heavy atom. The van der Waals surface area contributed by atoms with E-state index >= 15 is 0 Å². The van der Waals surface area contributed by atoms with Gasteiger partial charge in [-0.3, -0.25) is 9.78 Å². The van der Waals surface area contributed by atoms with Gasteiger partial charge in [-0.15, -0.1) is 0 Å². The van der Waals surface area contributed by atoms with Gasteiger partial charge in [0, 0.05) is 30.2 Å². The third kappa shape index (κ3) is 5.52. The number of carbonyl (C=O) groups is 1. The van der Waals surface area contributed by atoms with Crippen molar-refractivity contribution >= 4 is 23.0 Å². The number of hydrogen-bond acceptors (Lipinski definition) is 4. The van der Waals surface area contributed by atoms with Gasteiger partial charge >= 0.3 is 0 Å². The van der Waals surface area contributed by atoms with Gasteiger partial charge in [0.1, 0.15) is 5.82 Å². The van der Waals surface area contributed by atoms with Gasteiger partial charge in [0.05, 0.1) is 11.3 Å². The molecule has 0 aliphatic rings. The van der Waals surface area contributed by atoms with Crippen molar-refractivity contribution in [1.29, 1.82) is 0 Å². The van der Waals surface area contributed by atoms with Gasteiger partial charge in [-0.2, -0.15) is 0 Å². The first-order valence-corrected chi connectivity index (χ1v) is 10.9. The van der Waals surface area contributed by atoms with Crippen LogP contribution in [-0.4, -0.2) is 22.4 Å². The maximum atomic E-state index is 13.0. The second kappa shape index (κ2) is 10.4. The summed E-state index contributed by atoms with van der Waals surface area (Å²) in [5.41, 5.74) is 4.78. The first-order chi connectivity index (χ1) is 16.1. The van der Waals surface area contributed by atoms with E-state index in [9.17, 15) is 4.79 Å². The van der Waals surface area contributed by atoms with Crippen LogP contribution in [0.25, 0.3) is 5.57 Å². The zero-order valence-electron chi connectivity index (χ0n) is 18.5. The Labute approximate surface area is 194 Å². The molecule has 4 rings (SSSR count). The van der Waals surface area contributed by atoms with Gasteiger partial charge < -0.3 is 10.6 Å². The zero-order chi connectivity index (χ0) is 23.0. The molecule has 2 aromatic heterocycles. The molecule has 164 valence electrons. The Hall–Kier alpha value is -4.25. The van der Waals surface area contributed by atoms with Crippen molar-refractivity contribution in [2.75, 3.05) is 11.9 Å². The van der Waals surface area contributed by atoms with E-state index in [0.29, 0.717) is 23.4 Å². The van der Waals surface area contributed by atoms with Gasteiger partial charge in [0.2, 0.25) is 0 Å². The highest BCUT2D eigenvalue weighted by Gasteiger charge is 2.16. The van der Waals surface area contributed by atoms with Crippen LogP contribution in [0, 0.1) is 0 Å². The Morgan fingerprint density at radius 1 is 0.879 bits per heavy atom. The van der Waals surface area contributed by atoms with Crippen LogP contribution >= 0.6 is 0 Å². The average molecular weight is 435 g/mol. The first kappa shape index (κ1) is 22.0. The van der Waals surface area contributed by atoms with Crippen molar-refractivity contribution in [3.8, 4) is 0 Å². The van der Waals surface area contributed by atoms with E-state index in [0.717, 1.165) is 17.1 Å². The number of carbonyl (C=O) groups excluding carboxylic acids is 1. The molecule has 0 aliphatic heterocycles. The minimum Gasteiger partial charge on any atom is -0.351 e. The van der Waals surface area contributed by atoms with Crippen LogP contribution in [0.2, 0.25) is 0 Å². The fraction of sp³-hybridized carbons (Fsp3) is 0.107. The second-order valence-electron chi connectivity index (χ2n) is 7.82. The molecule has 5 nitrogen and oxygen atoms in total. The van der Waals surface area contributed by atoms with Crippen molar-refractivity contribution in [3.05, 3.63) is 126 Å². The standard InChI is InChI=1S/C28H26N4O/c1-20(22-9-4-3-5-10-22)19-31-28(33)25-11-8-18-30-27(25)21(2)23-13-15-24(16-14-23)32-26-12-6-7-17-29-26/h3-18,20H,2,19H2,1H3,(H,29,32)(H,31,33)/t20-/m0/s1. The molecule has 1 atom stereocenters. The summed E-state index contributed by atoms with van der Waals surface area (Å²) in [5.74, 6) is 0.825. The lowest BCUT2D eigenvalue weighted by Gasteiger charge is -2.15. The molecule has 2 heterocycles. The lowest BCUT2D eigenvalue weighted by molar-refractivity contribution is 0.0951. The molecule has 0 saturated carbocycles. The van der Waals surface area contributed by atoms with E-state index in [1.807, 2.05) is 60.7 Å². The summed E-state index contributed by atoms with van der Waals surface area (Å²) in [6, 6.07) is 27.2.